The Morgan fingerprint density at radius 1 is 1.14 bits per heavy atom. The molecule has 4 rings (SSSR count). The van der Waals surface area contributed by atoms with Gasteiger partial charge in [-0.1, -0.05) is 17.7 Å². The lowest BCUT2D eigenvalue weighted by Gasteiger charge is -2.25. The molecule has 2 heterocycles. The molecule has 1 aliphatic heterocycles. The molecule has 0 N–H and O–H groups in total. The minimum atomic E-state index is 0.202. The van der Waals surface area contributed by atoms with E-state index in [1.165, 1.54) is 26.9 Å². The smallest absolute Gasteiger partial charge is 0.119 e. The van der Waals surface area contributed by atoms with Gasteiger partial charge in [-0.3, -0.25) is 0 Å². The van der Waals surface area contributed by atoms with Crippen molar-refractivity contribution in [3.05, 3.63) is 65.3 Å². The molecule has 0 radical (unpaired) electrons. The SMILES string of the molecule is CCn1cc(C2=CCN(Sc3ccc(OC(C)C)cc3)CC2)c2cc(Cl)ccc21. The minimum Gasteiger partial charge on any atom is -0.491 e. The molecule has 3 nitrogen and oxygen atoms in total. The molecule has 0 saturated carbocycles. The second kappa shape index (κ2) is 8.86. The number of halogens is 1. The van der Waals surface area contributed by atoms with Gasteiger partial charge in [0.25, 0.3) is 0 Å². The summed E-state index contributed by atoms with van der Waals surface area (Å²) in [6, 6.07) is 14.6. The Labute approximate surface area is 182 Å². The Balaban J connectivity index is 1.47. The molecule has 1 aliphatic rings. The van der Waals surface area contributed by atoms with Crippen LogP contribution in [0.4, 0.5) is 0 Å². The third-order valence-corrected chi connectivity index (χ3v) is 6.44. The molecule has 0 atom stereocenters. The van der Waals surface area contributed by atoms with Crippen LogP contribution in [-0.4, -0.2) is 28.1 Å². The molecule has 0 bridgehead atoms. The molecule has 1 aromatic heterocycles. The number of fused-ring (bicyclic) bond motifs is 1. The van der Waals surface area contributed by atoms with Crippen molar-refractivity contribution < 1.29 is 4.74 Å². The van der Waals surface area contributed by atoms with Crippen LogP contribution in [-0.2, 0) is 6.54 Å². The minimum absolute atomic E-state index is 0.202. The number of ether oxygens (including phenoxy) is 1. The van der Waals surface area contributed by atoms with Gasteiger partial charge in [-0.05, 0) is 87.2 Å². The Bertz CT molecular complexity index is 1020. The fourth-order valence-corrected chi connectivity index (χ4v) is 4.82. The fourth-order valence-electron chi connectivity index (χ4n) is 3.77. The summed E-state index contributed by atoms with van der Waals surface area (Å²) in [5.41, 5.74) is 4.00. The van der Waals surface area contributed by atoms with Gasteiger partial charge in [-0.25, -0.2) is 4.31 Å². The zero-order valence-electron chi connectivity index (χ0n) is 17.2. The van der Waals surface area contributed by atoms with Gasteiger partial charge in [0.2, 0.25) is 0 Å². The molecule has 5 heteroatoms. The number of benzene rings is 2. The van der Waals surface area contributed by atoms with Crippen LogP contribution in [0.15, 0.2) is 59.6 Å². The van der Waals surface area contributed by atoms with Crippen LogP contribution in [0, 0.1) is 0 Å². The average Bonchev–Trinajstić information content (AvgIpc) is 3.07. The molecule has 0 fully saturated rings. The van der Waals surface area contributed by atoms with Crippen molar-refractivity contribution in [2.45, 2.75) is 44.7 Å². The maximum absolute atomic E-state index is 6.29. The van der Waals surface area contributed by atoms with Crippen molar-refractivity contribution in [1.29, 1.82) is 0 Å². The normalized spacial score (nSPS) is 15.1. The van der Waals surface area contributed by atoms with Gasteiger partial charge in [-0.15, -0.1) is 0 Å². The van der Waals surface area contributed by atoms with Crippen molar-refractivity contribution in [3.63, 3.8) is 0 Å². The summed E-state index contributed by atoms with van der Waals surface area (Å²) >= 11 is 8.10. The van der Waals surface area contributed by atoms with Crippen LogP contribution < -0.4 is 4.74 Å². The van der Waals surface area contributed by atoms with Gasteiger partial charge in [-0.2, -0.15) is 0 Å². The Morgan fingerprint density at radius 2 is 1.93 bits per heavy atom. The Kier molecular flexibility index (Phi) is 6.23. The van der Waals surface area contributed by atoms with Crippen molar-refractivity contribution in [2.75, 3.05) is 13.1 Å². The zero-order chi connectivity index (χ0) is 20.4. The van der Waals surface area contributed by atoms with E-state index in [1.807, 2.05) is 31.9 Å². The van der Waals surface area contributed by atoms with Crippen molar-refractivity contribution >= 4 is 40.0 Å². The lowest BCUT2D eigenvalue weighted by Crippen LogP contribution is -2.21. The highest BCUT2D eigenvalue weighted by Gasteiger charge is 2.18. The van der Waals surface area contributed by atoms with Crippen LogP contribution in [0.5, 0.6) is 5.75 Å². The molecular weight excluding hydrogens is 400 g/mol. The topological polar surface area (TPSA) is 17.4 Å². The number of nitrogens with zero attached hydrogens (tertiary/aromatic N) is 2. The number of aromatic nitrogens is 1. The highest BCUT2D eigenvalue weighted by molar-refractivity contribution is 7.97. The molecule has 0 aliphatic carbocycles. The lowest BCUT2D eigenvalue weighted by atomic mass is 10.00. The largest absolute Gasteiger partial charge is 0.491 e. The maximum Gasteiger partial charge on any atom is 0.119 e. The molecule has 152 valence electrons. The van der Waals surface area contributed by atoms with E-state index in [0.717, 1.165) is 36.8 Å². The number of aryl methyl sites for hydroxylation is 1. The summed E-state index contributed by atoms with van der Waals surface area (Å²) in [6.07, 6.45) is 5.88. The van der Waals surface area contributed by atoms with Gasteiger partial charge < -0.3 is 9.30 Å². The zero-order valence-corrected chi connectivity index (χ0v) is 18.8. The molecule has 2 aromatic carbocycles. The van der Waals surface area contributed by atoms with E-state index in [1.54, 1.807) is 0 Å². The van der Waals surface area contributed by atoms with Gasteiger partial charge in [0.05, 0.1) is 6.10 Å². The standard InChI is InChI=1S/C24H27ClN2OS/c1-4-26-16-23(22-15-19(25)5-10-24(22)26)18-11-13-27(14-12-18)29-21-8-6-20(7-9-21)28-17(2)3/h5-11,15-17H,4,12-14H2,1-3H3. The monoisotopic (exact) mass is 426 g/mol. The summed E-state index contributed by atoms with van der Waals surface area (Å²) in [5.74, 6) is 0.927. The molecule has 0 amide bonds. The highest BCUT2D eigenvalue weighted by Crippen LogP contribution is 2.35. The quantitative estimate of drug-likeness (QED) is 0.399. The van der Waals surface area contributed by atoms with Gasteiger partial charge in [0, 0.05) is 52.2 Å². The molecular formula is C24H27ClN2OS. The van der Waals surface area contributed by atoms with Crippen LogP contribution in [0.3, 0.4) is 0 Å². The molecule has 3 aromatic rings. The van der Waals surface area contributed by atoms with E-state index in [2.05, 4.69) is 64.5 Å². The summed E-state index contributed by atoms with van der Waals surface area (Å²) < 4.78 is 10.5. The van der Waals surface area contributed by atoms with Crippen molar-refractivity contribution in [3.8, 4) is 5.75 Å². The second-order valence-electron chi connectivity index (χ2n) is 7.59. The predicted octanol–water partition coefficient (Wildman–Crippen LogP) is 6.90. The van der Waals surface area contributed by atoms with E-state index >= 15 is 0 Å². The van der Waals surface area contributed by atoms with E-state index in [-0.39, 0.29) is 6.10 Å². The number of rotatable bonds is 6. The molecule has 29 heavy (non-hydrogen) atoms. The lowest BCUT2D eigenvalue weighted by molar-refractivity contribution is 0.242. The van der Waals surface area contributed by atoms with Crippen LogP contribution in [0.1, 0.15) is 32.8 Å². The van der Waals surface area contributed by atoms with Crippen LogP contribution in [0.2, 0.25) is 5.02 Å². The molecule has 0 spiro atoms. The van der Waals surface area contributed by atoms with E-state index in [9.17, 15) is 0 Å². The summed E-state index contributed by atoms with van der Waals surface area (Å²) in [6.45, 7) is 9.20. The van der Waals surface area contributed by atoms with Crippen LogP contribution in [0.25, 0.3) is 16.5 Å². The van der Waals surface area contributed by atoms with E-state index in [4.69, 9.17) is 16.3 Å². The second-order valence-corrected chi connectivity index (χ2v) is 9.19. The Morgan fingerprint density at radius 3 is 2.59 bits per heavy atom. The first-order valence-corrected chi connectivity index (χ1v) is 11.4. The maximum atomic E-state index is 6.29. The number of hydrogen-bond donors (Lipinski definition) is 0. The Hall–Kier alpha value is -1.88. The van der Waals surface area contributed by atoms with Crippen molar-refractivity contribution in [1.82, 2.24) is 8.87 Å². The van der Waals surface area contributed by atoms with Crippen molar-refractivity contribution in [2.24, 2.45) is 0 Å². The summed E-state index contributed by atoms with van der Waals surface area (Å²) in [4.78, 5) is 1.24. The third-order valence-electron chi connectivity index (χ3n) is 5.13. The van der Waals surface area contributed by atoms with Crippen LogP contribution >= 0.6 is 23.5 Å². The summed E-state index contributed by atoms with van der Waals surface area (Å²) in [7, 11) is 0. The highest BCUT2D eigenvalue weighted by atomic mass is 35.5. The van der Waals surface area contributed by atoms with E-state index in [0.29, 0.717) is 0 Å². The van der Waals surface area contributed by atoms with Gasteiger partial charge >= 0.3 is 0 Å². The third kappa shape index (κ3) is 4.66. The van der Waals surface area contributed by atoms with E-state index < -0.39 is 0 Å². The van der Waals surface area contributed by atoms with Gasteiger partial charge in [0.15, 0.2) is 0 Å². The first-order valence-electron chi connectivity index (χ1n) is 10.2. The first-order chi connectivity index (χ1) is 14.0. The van der Waals surface area contributed by atoms with Gasteiger partial charge in [0.1, 0.15) is 5.75 Å². The average molecular weight is 427 g/mol. The molecule has 0 unspecified atom stereocenters. The number of hydrogen-bond acceptors (Lipinski definition) is 3. The fraction of sp³-hybridized carbons (Fsp3) is 0.333. The molecule has 0 saturated heterocycles. The first kappa shape index (κ1) is 20.4. The predicted molar refractivity (Wildman–Crippen MR) is 125 cm³/mol. The summed E-state index contributed by atoms with van der Waals surface area (Å²) in [5, 5.41) is 2.05.